The van der Waals surface area contributed by atoms with E-state index in [4.69, 9.17) is 9.47 Å². The molecule has 2 saturated heterocycles. The quantitative estimate of drug-likeness (QED) is 0.818. The molecule has 2 heterocycles. The number of nitrogens with zero attached hydrogens (tertiary/aromatic N) is 2. The van der Waals surface area contributed by atoms with E-state index in [9.17, 15) is 4.21 Å². The van der Waals surface area contributed by atoms with Gasteiger partial charge in [0.1, 0.15) is 11.0 Å². The van der Waals surface area contributed by atoms with Gasteiger partial charge in [-0.25, -0.2) is 8.51 Å². The summed E-state index contributed by atoms with van der Waals surface area (Å²) >= 11 is 0. The van der Waals surface area contributed by atoms with Crippen LogP contribution in [0.2, 0.25) is 0 Å². The molecule has 0 radical (unpaired) electrons. The fourth-order valence-corrected chi connectivity index (χ4v) is 4.35. The molecular formula is C16H24N2O3S. The molecule has 2 aliphatic heterocycles. The first-order valence-electron chi connectivity index (χ1n) is 7.71. The van der Waals surface area contributed by atoms with Crippen LogP contribution in [0.25, 0.3) is 0 Å². The van der Waals surface area contributed by atoms with Crippen LogP contribution in [0.15, 0.2) is 29.2 Å². The van der Waals surface area contributed by atoms with Gasteiger partial charge in [-0.3, -0.25) is 4.90 Å². The standard InChI is InChI=1S/C16H24N2O3S/c1-16(20-2)12-17(13-16)11-14-5-3-4-6-15(14)22(19)18-7-9-21-10-8-18/h3-6H,7-13H2,1-2H3. The molecule has 1 atom stereocenters. The molecule has 0 N–H and O–H groups in total. The number of ether oxygens (including phenoxy) is 2. The van der Waals surface area contributed by atoms with Gasteiger partial charge < -0.3 is 9.47 Å². The van der Waals surface area contributed by atoms with Gasteiger partial charge >= 0.3 is 0 Å². The number of likely N-dealkylation sites (tertiary alicyclic amines) is 1. The van der Waals surface area contributed by atoms with Crippen molar-refractivity contribution in [1.82, 2.24) is 9.21 Å². The van der Waals surface area contributed by atoms with Gasteiger partial charge in [-0.1, -0.05) is 18.2 Å². The molecular weight excluding hydrogens is 300 g/mol. The molecule has 0 aliphatic carbocycles. The number of methoxy groups -OCH3 is 1. The van der Waals surface area contributed by atoms with E-state index < -0.39 is 11.0 Å². The van der Waals surface area contributed by atoms with Crippen molar-refractivity contribution in [2.75, 3.05) is 46.5 Å². The van der Waals surface area contributed by atoms with Crippen molar-refractivity contribution in [3.8, 4) is 0 Å². The maximum atomic E-state index is 12.8. The largest absolute Gasteiger partial charge is 0.379 e. The monoisotopic (exact) mass is 324 g/mol. The first-order valence-corrected chi connectivity index (χ1v) is 8.82. The van der Waals surface area contributed by atoms with Crippen LogP contribution in [0.1, 0.15) is 12.5 Å². The minimum absolute atomic E-state index is 0.0295. The molecule has 0 aromatic heterocycles. The third-order valence-electron chi connectivity index (χ3n) is 4.37. The van der Waals surface area contributed by atoms with Crippen LogP contribution in [0.4, 0.5) is 0 Å². The molecule has 122 valence electrons. The lowest BCUT2D eigenvalue weighted by atomic mass is 9.96. The number of hydrogen-bond donors (Lipinski definition) is 0. The van der Waals surface area contributed by atoms with E-state index >= 15 is 0 Å². The van der Waals surface area contributed by atoms with Crippen LogP contribution in [0, 0.1) is 0 Å². The minimum atomic E-state index is -1.10. The summed E-state index contributed by atoms with van der Waals surface area (Å²) in [7, 11) is 0.661. The zero-order chi connectivity index (χ0) is 15.6. The van der Waals surface area contributed by atoms with Gasteiger partial charge in [0.05, 0.1) is 23.7 Å². The summed E-state index contributed by atoms with van der Waals surface area (Å²) in [6, 6.07) is 8.05. The van der Waals surface area contributed by atoms with Gasteiger partial charge in [0.15, 0.2) is 0 Å². The molecule has 0 spiro atoms. The molecule has 0 saturated carbocycles. The molecule has 2 fully saturated rings. The minimum Gasteiger partial charge on any atom is -0.379 e. The fourth-order valence-electron chi connectivity index (χ4n) is 3.04. The summed E-state index contributed by atoms with van der Waals surface area (Å²) in [5, 5.41) is 0. The van der Waals surface area contributed by atoms with Crippen LogP contribution < -0.4 is 0 Å². The van der Waals surface area contributed by atoms with Crippen molar-refractivity contribution in [2.45, 2.75) is 24.0 Å². The van der Waals surface area contributed by atoms with E-state index in [1.165, 1.54) is 0 Å². The summed E-state index contributed by atoms with van der Waals surface area (Å²) < 4.78 is 25.7. The average Bonchev–Trinajstić information content (AvgIpc) is 2.54. The maximum Gasteiger partial charge on any atom is 0.128 e. The number of morpholine rings is 1. The third kappa shape index (κ3) is 3.41. The Morgan fingerprint density at radius 3 is 2.64 bits per heavy atom. The third-order valence-corrected chi connectivity index (χ3v) is 5.98. The van der Waals surface area contributed by atoms with E-state index in [1.54, 1.807) is 7.11 Å². The van der Waals surface area contributed by atoms with Crippen LogP contribution in [-0.4, -0.2) is 65.5 Å². The molecule has 3 rings (SSSR count). The number of hydrogen-bond acceptors (Lipinski definition) is 4. The van der Waals surface area contributed by atoms with E-state index in [-0.39, 0.29) is 5.60 Å². The van der Waals surface area contributed by atoms with Crippen molar-refractivity contribution in [3.63, 3.8) is 0 Å². The summed E-state index contributed by atoms with van der Waals surface area (Å²) in [6.07, 6.45) is 0. The zero-order valence-corrected chi connectivity index (χ0v) is 14.1. The lowest BCUT2D eigenvalue weighted by molar-refractivity contribution is -0.114. The van der Waals surface area contributed by atoms with E-state index in [1.807, 2.05) is 22.5 Å². The first-order chi connectivity index (χ1) is 10.6. The van der Waals surface area contributed by atoms with Gasteiger partial charge in [0.2, 0.25) is 0 Å². The van der Waals surface area contributed by atoms with Crippen LogP contribution in [-0.2, 0) is 27.0 Å². The molecule has 6 heteroatoms. The summed E-state index contributed by atoms with van der Waals surface area (Å²) in [4.78, 5) is 3.26. The second-order valence-electron chi connectivity index (χ2n) is 6.20. The lowest BCUT2D eigenvalue weighted by Crippen LogP contribution is -2.60. The van der Waals surface area contributed by atoms with Crippen LogP contribution in [0.5, 0.6) is 0 Å². The Morgan fingerprint density at radius 1 is 1.27 bits per heavy atom. The second kappa shape index (κ2) is 6.76. The predicted molar refractivity (Wildman–Crippen MR) is 85.9 cm³/mol. The topological polar surface area (TPSA) is 42.0 Å². The van der Waals surface area contributed by atoms with Gasteiger partial charge in [-0.2, -0.15) is 0 Å². The van der Waals surface area contributed by atoms with E-state index in [0.717, 1.165) is 43.2 Å². The van der Waals surface area contributed by atoms with Gasteiger partial charge in [-0.05, 0) is 18.6 Å². The summed E-state index contributed by atoms with van der Waals surface area (Å²) in [5.74, 6) is 0. The van der Waals surface area contributed by atoms with Gasteiger partial charge in [0.25, 0.3) is 0 Å². The van der Waals surface area contributed by atoms with Crippen LogP contribution in [0.3, 0.4) is 0 Å². The highest BCUT2D eigenvalue weighted by Crippen LogP contribution is 2.27. The van der Waals surface area contributed by atoms with E-state index in [0.29, 0.717) is 13.2 Å². The molecule has 0 amide bonds. The Labute approximate surface area is 134 Å². The molecule has 2 aliphatic rings. The maximum absolute atomic E-state index is 12.8. The van der Waals surface area contributed by atoms with Crippen molar-refractivity contribution in [3.05, 3.63) is 29.8 Å². The van der Waals surface area contributed by atoms with Crippen molar-refractivity contribution in [2.24, 2.45) is 0 Å². The zero-order valence-electron chi connectivity index (χ0n) is 13.3. The molecule has 1 unspecified atom stereocenters. The fraction of sp³-hybridized carbons (Fsp3) is 0.625. The van der Waals surface area contributed by atoms with Gasteiger partial charge in [-0.15, -0.1) is 0 Å². The predicted octanol–water partition coefficient (Wildman–Crippen LogP) is 1.26. The lowest BCUT2D eigenvalue weighted by Gasteiger charge is -2.47. The molecule has 5 nitrogen and oxygen atoms in total. The smallest absolute Gasteiger partial charge is 0.128 e. The molecule has 1 aromatic carbocycles. The Hall–Kier alpha value is -0.790. The second-order valence-corrected chi connectivity index (χ2v) is 7.65. The van der Waals surface area contributed by atoms with Crippen molar-refractivity contribution in [1.29, 1.82) is 0 Å². The highest BCUT2D eigenvalue weighted by atomic mass is 32.2. The van der Waals surface area contributed by atoms with Crippen molar-refractivity contribution < 1.29 is 13.7 Å². The Bertz CT molecular complexity index is 540. The SMILES string of the molecule is COC1(C)CN(Cc2ccccc2S(=O)N2CCOCC2)C1. The average molecular weight is 324 g/mol. The Balaban J connectivity index is 1.69. The van der Waals surface area contributed by atoms with Gasteiger partial charge in [0, 0.05) is 39.8 Å². The molecule has 22 heavy (non-hydrogen) atoms. The molecule has 0 bridgehead atoms. The number of benzene rings is 1. The normalized spacial score (nSPS) is 23.9. The highest BCUT2D eigenvalue weighted by Gasteiger charge is 2.38. The summed E-state index contributed by atoms with van der Waals surface area (Å²) in [5.41, 5.74) is 1.11. The molecule has 1 aromatic rings. The Kier molecular flexibility index (Phi) is 4.94. The van der Waals surface area contributed by atoms with Crippen molar-refractivity contribution >= 4 is 11.0 Å². The highest BCUT2D eigenvalue weighted by molar-refractivity contribution is 7.82. The Morgan fingerprint density at radius 2 is 1.95 bits per heavy atom. The van der Waals surface area contributed by atoms with E-state index in [2.05, 4.69) is 17.9 Å². The first kappa shape index (κ1) is 16.1. The summed E-state index contributed by atoms with van der Waals surface area (Å²) in [6.45, 7) is 7.56. The number of rotatable bonds is 5. The van der Waals surface area contributed by atoms with Crippen LogP contribution >= 0.6 is 0 Å².